The van der Waals surface area contributed by atoms with Crippen LogP contribution < -0.4 is 0 Å². The number of fused-ring (bicyclic) bond motifs is 1. The molecule has 2 atom stereocenters. The summed E-state index contributed by atoms with van der Waals surface area (Å²) in [6, 6.07) is 5.15. The lowest BCUT2D eigenvalue weighted by Gasteiger charge is -2.43. The third kappa shape index (κ3) is 3.54. The molecular weight excluding hydrogens is 318 g/mol. The Morgan fingerprint density at radius 1 is 1.26 bits per heavy atom. The van der Waals surface area contributed by atoms with E-state index in [-0.39, 0.29) is 42.5 Å². The van der Waals surface area contributed by atoms with Gasteiger partial charge in [-0.3, -0.25) is 14.7 Å². The van der Waals surface area contributed by atoms with Crippen LogP contribution in [0.3, 0.4) is 0 Å². The summed E-state index contributed by atoms with van der Waals surface area (Å²) in [6.07, 6.45) is 1.77. The Morgan fingerprint density at radius 3 is 2.74 bits per heavy atom. The van der Waals surface area contributed by atoms with Crippen LogP contribution in [0.1, 0.15) is 12.1 Å². The first-order valence-corrected chi connectivity index (χ1v) is 9.57. The summed E-state index contributed by atoms with van der Waals surface area (Å²) in [5, 5.41) is 8.97. The lowest BCUT2D eigenvalue weighted by atomic mass is 10.0. The standard InChI is InChI=1S/C15H21N3O4S/c19-8-4-15(20)18-7-6-17(9-12-3-1-2-5-16-12)13-10-23(21,22)11-14(13)18/h1-3,5,13-14,19H,4,6-11H2/t13-,14+/m1/s1. The van der Waals surface area contributed by atoms with Gasteiger partial charge in [0.1, 0.15) is 0 Å². The molecule has 0 saturated carbocycles. The molecule has 3 heterocycles. The number of hydrogen-bond donors (Lipinski definition) is 1. The monoisotopic (exact) mass is 339 g/mol. The van der Waals surface area contributed by atoms with Crippen LogP contribution in [0.2, 0.25) is 0 Å². The van der Waals surface area contributed by atoms with E-state index in [1.165, 1.54) is 0 Å². The Bertz CT molecular complexity index is 665. The van der Waals surface area contributed by atoms with Gasteiger partial charge in [-0.05, 0) is 12.1 Å². The number of piperazine rings is 1. The van der Waals surface area contributed by atoms with Crippen LogP contribution in [0.15, 0.2) is 24.4 Å². The number of sulfone groups is 1. The van der Waals surface area contributed by atoms with Crippen molar-refractivity contribution < 1.29 is 18.3 Å². The molecule has 1 aromatic heterocycles. The van der Waals surface area contributed by atoms with E-state index >= 15 is 0 Å². The Morgan fingerprint density at radius 2 is 2.04 bits per heavy atom. The zero-order valence-corrected chi connectivity index (χ0v) is 13.7. The summed E-state index contributed by atoms with van der Waals surface area (Å²) in [7, 11) is -3.15. The summed E-state index contributed by atoms with van der Waals surface area (Å²) in [4.78, 5) is 20.2. The van der Waals surface area contributed by atoms with Gasteiger partial charge < -0.3 is 10.0 Å². The molecule has 0 bridgehead atoms. The fraction of sp³-hybridized carbons (Fsp3) is 0.600. The van der Waals surface area contributed by atoms with Gasteiger partial charge in [0.15, 0.2) is 9.84 Å². The first-order valence-electron chi connectivity index (χ1n) is 7.75. The van der Waals surface area contributed by atoms with Gasteiger partial charge in [-0.25, -0.2) is 8.42 Å². The number of pyridine rings is 1. The number of aromatic nitrogens is 1. The summed E-state index contributed by atoms with van der Waals surface area (Å²) < 4.78 is 24.2. The fourth-order valence-electron chi connectivity index (χ4n) is 3.47. The minimum atomic E-state index is -3.15. The van der Waals surface area contributed by atoms with E-state index in [1.807, 2.05) is 18.2 Å². The predicted octanol–water partition coefficient (Wildman–Crippen LogP) is -0.726. The highest BCUT2D eigenvalue weighted by molar-refractivity contribution is 7.91. The highest BCUT2D eigenvalue weighted by Gasteiger charge is 2.47. The molecule has 0 spiro atoms. The van der Waals surface area contributed by atoms with E-state index < -0.39 is 9.84 Å². The maximum Gasteiger partial charge on any atom is 0.225 e. The van der Waals surface area contributed by atoms with Crippen molar-refractivity contribution in [3.05, 3.63) is 30.1 Å². The highest BCUT2D eigenvalue weighted by Crippen LogP contribution is 2.28. The second kappa shape index (κ2) is 6.54. The zero-order valence-electron chi connectivity index (χ0n) is 12.8. The van der Waals surface area contributed by atoms with Crippen LogP contribution in [0, 0.1) is 0 Å². The smallest absolute Gasteiger partial charge is 0.225 e. The molecule has 2 aliphatic heterocycles. The number of carbonyl (C=O) groups excluding carboxylic acids is 1. The maximum atomic E-state index is 12.2. The average molecular weight is 339 g/mol. The number of amides is 1. The van der Waals surface area contributed by atoms with Gasteiger partial charge in [0.05, 0.1) is 29.8 Å². The van der Waals surface area contributed by atoms with Crippen LogP contribution >= 0.6 is 0 Å². The summed E-state index contributed by atoms with van der Waals surface area (Å²) in [5.74, 6) is -0.0851. The van der Waals surface area contributed by atoms with Crippen LogP contribution in [-0.4, -0.2) is 77.5 Å². The Hall–Kier alpha value is -1.51. The van der Waals surface area contributed by atoms with Crippen molar-refractivity contribution in [1.29, 1.82) is 0 Å². The van der Waals surface area contributed by atoms with Gasteiger partial charge in [-0.2, -0.15) is 0 Å². The molecule has 126 valence electrons. The van der Waals surface area contributed by atoms with Crippen molar-refractivity contribution in [1.82, 2.24) is 14.8 Å². The van der Waals surface area contributed by atoms with E-state index in [0.717, 1.165) is 5.69 Å². The number of hydrogen-bond acceptors (Lipinski definition) is 6. The Kier molecular flexibility index (Phi) is 4.65. The normalized spacial score (nSPS) is 26.9. The van der Waals surface area contributed by atoms with E-state index in [2.05, 4.69) is 9.88 Å². The SMILES string of the molecule is O=C(CCO)N1CCN(Cc2ccccn2)[C@@H]2CS(=O)(=O)C[C@@H]21. The largest absolute Gasteiger partial charge is 0.396 e. The van der Waals surface area contributed by atoms with Crippen LogP contribution in [-0.2, 0) is 21.2 Å². The minimum Gasteiger partial charge on any atom is -0.396 e. The second-order valence-corrected chi connectivity index (χ2v) is 8.22. The fourth-order valence-corrected chi connectivity index (χ4v) is 5.48. The molecule has 2 fully saturated rings. The third-order valence-electron chi connectivity index (χ3n) is 4.53. The van der Waals surface area contributed by atoms with Crippen LogP contribution in [0.5, 0.6) is 0 Å². The quantitative estimate of drug-likeness (QED) is 0.778. The number of rotatable bonds is 4. The molecule has 0 aliphatic carbocycles. The Labute approximate surface area is 135 Å². The highest BCUT2D eigenvalue weighted by atomic mass is 32.2. The summed E-state index contributed by atoms with van der Waals surface area (Å²) >= 11 is 0. The van der Waals surface area contributed by atoms with Crippen LogP contribution in [0.4, 0.5) is 0 Å². The van der Waals surface area contributed by atoms with Crippen molar-refractivity contribution in [3.63, 3.8) is 0 Å². The molecule has 0 aromatic carbocycles. The number of nitrogens with zero attached hydrogens (tertiary/aromatic N) is 3. The molecular formula is C15H21N3O4S. The average Bonchev–Trinajstić information content (AvgIpc) is 2.84. The number of carbonyl (C=O) groups is 1. The molecule has 2 aliphatic rings. The van der Waals surface area contributed by atoms with Crippen molar-refractivity contribution in [2.45, 2.75) is 25.0 Å². The third-order valence-corrected chi connectivity index (χ3v) is 6.23. The van der Waals surface area contributed by atoms with Crippen molar-refractivity contribution >= 4 is 15.7 Å². The summed E-state index contributed by atoms with van der Waals surface area (Å²) in [6.45, 7) is 1.48. The lowest BCUT2D eigenvalue weighted by Crippen LogP contribution is -2.60. The predicted molar refractivity (Wildman–Crippen MR) is 84.3 cm³/mol. The second-order valence-electron chi connectivity index (χ2n) is 6.06. The molecule has 0 unspecified atom stereocenters. The topological polar surface area (TPSA) is 90.8 Å². The molecule has 3 rings (SSSR count). The van der Waals surface area contributed by atoms with Crippen molar-refractivity contribution in [2.75, 3.05) is 31.2 Å². The molecule has 8 heteroatoms. The molecule has 1 N–H and O–H groups in total. The van der Waals surface area contributed by atoms with Crippen LogP contribution in [0.25, 0.3) is 0 Å². The lowest BCUT2D eigenvalue weighted by molar-refractivity contribution is -0.137. The first-order chi connectivity index (χ1) is 11.0. The minimum absolute atomic E-state index is 0.00749. The number of aliphatic hydroxyl groups excluding tert-OH is 1. The van der Waals surface area contributed by atoms with Crippen molar-refractivity contribution in [3.8, 4) is 0 Å². The van der Waals surface area contributed by atoms with Gasteiger partial charge in [-0.1, -0.05) is 6.07 Å². The zero-order chi connectivity index (χ0) is 16.4. The number of aliphatic hydroxyl groups is 1. The molecule has 2 saturated heterocycles. The van der Waals surface area contributed by atoms with E-state index in [1.54, 1.807) is 11.1 Å². The molecule has 0 radical (unpaired) electrons. The van der Waals surface area contributed by atoms with Gasteiger partial charge in [0.25, 0.3) is 0 Å². The van der Waals surface area contributed by atoms with Gasteiger partial charge in [-0.15, -0.1) is 0 Å². The van der Waals surface area contributed by atoms with Gasteiger partial charge >= 0.3 is 0 Å². The first kappa shape index (κ1) is 16.4. The van der Waals surface area contributed by atoms with E-state index in [0.29, 0.717) is 19.6 Å². The van der Waals surface area contributed by atoms with E-state index in [9.17, 15) is 13.2 Å². The molecule has 1 aromatic rings. The van der Waals surface area contributed by atoms with E-state index in [4.69, 9.17) is 5.11 Å². The Balaban J connectivity index is 1.79. The molecule has 7 nitrogen and oxygen atoms in total. The van der Waals surface area contributed by atoms with Crippen molar-refractivity contribution in [2.24, 2.45) is 0 Å². The van der Waals surface area contributed by atoms with Gasteiger partial charge in [0.2, 0.25) is 5.91 Å². The summed E-state index contributed by atoms with van der Waals surface area (Å²) in [5.41, 5.74) is 0.894. The van der Waals surface area contributed by atoms with Gasteiger partial charge in [0, 0.05) is 38.3 Å². The molecule has 23 heavy (non-hydrogen) atoms. The maximum absolute atomic E-state index is 12.2. The molecule has 1 amide bonds.